The smallest absolute Gasteiger partial charge is 0.321 e. The summed E-state index contributed by atoms with van der Waals surface area (Å²) < 4.78 is 5.54. The molecule has 1 aromatic carbocycles. The van der Waals surface area contributed by atoms with Crippen LogP contribution < -0.4 is 10.6 Å². The van der Waals surface area contributed by atoms with Gasteiger partial charge in [-0.2, -0.15) is 0 Å². The fourth-order valence-corrected chi connectivity index (χ4v) is 2.50. The summed E-state index contributed by atoms with van der Waals surface area (Å²) in [5.74, 6) is 0.309. The van der Waals surface area contributed by atoms with Gasteiger partial charge in [-0.3, -0.25) is 4.79 Å². The molecular formula is C18H27N3O3. The molecule has 1 aliphatic heterocycles. The third-order valence-corrected chi connectivity index (χ3v) is 3.92. The molecule has 1 atom stereocenters. The molecule has 0 aromatic heterocycles. The standard InChI is InChI=1S/C18H27N3O3/c1-13(2)11-19-17(22)14-6-8-15(9-7-14)20-18(23)21(3)12-16-5-4-10-24-16/h6-9,13,16H,4-5,10-12H2,1-3H3,(H,19,22)(H,20,23)/t16-/m1/s1. The number of ether oxygens (including phenoxy) is 1. The van der Waals surface area contributed by atoms with Crippen molar-refractivity contribution in [3.63, 3.8) is 0 Å². The monoisotopic (exact) mass is 333 g/mol. The lowest BCUT2D eigenvalue weighted by Gasteiger charge is -2.21. The summed E-state index contributed by atoms with van der Waals surface area (Å²) in [6.07, 6.45) is 2.19. The van der Waals surface area contributed by atoms with E-state index < -0.39 is 0 Å². The van der Waals surface area contributed by atoms with Crippen molar-refractivity contribution in [2.24, 2.45) is 5.92 Å². The summed E-state index contributed by atoms with van der Waals surface area (Å²) in [5.41, 5.74) is 1.25. The number of carbonyl (C=O) groups is 2. The Morgan fingerprint density at radius 1 is 1.29 bits per heavy atom. The minimum Gasteiger partial charge on any atom is -0.376 e. The molecule has 2 N–H and O–H groups in total. The molecule has 3 amide bonds. The van der Waals surface area contributed by atoms with Crippen molar-refractivity contribution < 1.29 is 14.3 Å². The summed E-state index contributed by atoms with van der Waals surface area (Å²) in [6, 6.07) is 6.73. The number of amides is 3. The zero-order chi connectivity index (χ0) is 17.5. The lowest BCUT2D eigenvalue weighted by Crippen LogP contribution is -2.37. The average molecular weight is 333 g/mol. The van der Waals surface area contributed by atoms with Crippen LogP contribution >= 0.6 is 0 Å². The van der Waals surface area contributed by atoms with Gasteiger partial charge in [0.2, 0.25) is 0 Å². The Balaban J connectivity index is 1.83. The SMILES string of the molecule is CC(C)CNC(=O)c1ccc(NC(=O)N(C)C[C@H]2CCCO2)cc1. The number of carbonyl (C=O) groups excluding carboxylic acids is 2. The lowest BCUT2D eigenvalue weighted by molar-refractivity contribution is 0.0894. The fourth-order valence-electron chi connectivity index (χ4n) is 2.50. The maximum absolute atomic E-state index is 12.2. The van der Waals surface area contributed by atoms with Crippen molar-refractivity contribution in [3.05, 3.63) is 29.8 Å². The van der Waals surface area contributed by atoms with Crippen molar-refractivity contribution in [2.45, 2.75) is 32.8 Å². The maximum Gasteiger partial charge on any atom is 0.321 e. The zero-order valence-electron chi connectivity index (χ0n) is 14.7. The highest BCUT2D eigenvalue weighted by molar-refractivity contribution is 5.95. The van der Waals surface area contributed by atoms with Crippen LogP contribution in [0.2, 0.25) is 0 Å². The quantitative estimate of drug-likeness (QED) is 0.841. The zero-order valence-corrected chi connectivity index (χ0v) is 14.7. The largest absolute Gasteiger partial charge is 0.376 e. The Morgan fingerprint density at radius 2 is 2.00 bits per heavy atom. The lowest BCUT2D eigenvalue weighted by atomic mass is 10.1. The minimum absolute atomic E-state index is 0.0999. The Hall–Kier alpha value is -2.08. The van der Waals surface area contributed by atoms with Crippen LogP contribution in [0.1, 0.15) is 37.0 Å². The van der Waals surface area contributed by atoms with Crippen LogP contribution in [0.25, 0.3) is 0 Å². The van der Waals surface area contributed by atoms with Crippen molar-refractivity contribution in [3.8, 4) is 0 Å². The van der Waals surface area contributed by atoms with Gasteiger partial charge in [-0.25, -0.2) is 4.79 Å². The molecule has 1 fully saturated rings. The second-order valence-electron chi connectivity index (χ2n) is 6.63. The van der Waals surface area contributed by atoms with Crippen LogP contribution in [0.4, 0.5) is 10.5 Å². The summed E-state index contributed by atoms with van der Waals surface area (Å²) in [5, 5.41) is 5.70. The molecule has 1 saturated heterocycles. The first-order valence-electron chi connectivity index (χ1n) is 8.47. The van der Waals surface area contributed by atoms with Gasteiger partial charge in [-0.05, 0) is 43.0 Å². The van der Waals surface area contributed by atoms with Crippen molar-refractivity contribution >= 4 is 17.6 Å². The first kappa shape index (κ1) is 18.3. The number of urea groups is 1. The number of hydrogen-bond acceptors (Lipinski definition) is 3. The third kappa shape index (κ3) is 5.53. The highest BCUT2D eigenvalue weighted by Crippen LogP contribution is 2.14. The molecule has 1 aliphatic rings. The van der Waals surface area contributed by atoms with E-state index in [4.69, 9.17) is 4.74 Å². The average Bonchev–Trinajstić information content (AvgIpc) is 3.06. The number of anilines is 1. The molecule has 0 unspecified atom stereocenters. The van der Waals surface area contributed by atoms with Gasteiger partial charge in [0.25, 0.3) is 5.91 Å². The molecule has 0 aliphatic carbocycles. The van der Waals surface area contributed by atoms with Crippen LogP contribution in [0, 0.1) is 5.92 Å². The van der Waals surface area contributed by atoms with Gasteiger partial charge in [0, 0.05) is 38.0 Å². The summed E-state index contributed by atoms with van der Waals surface area (Å²) in [6.45, 7) is 6.10. The van der Waals surface area contributed by atoms with Gasteiger partial charge in [0.15, 0.2) is 0 Å². The molecule has 1 heterocycles. The van der Waals surface area contributed by atoms with E-state index in [0.29, 0.717) is 30.3 Å². The normalized spacial score (nSPS) is 16.9. The summed E-state index contributed by atoms with van der Waals surface area (Å²) in [4.78, 5) is 25.8. The van der Waals surface area contributed by atoms with Crippen LogP contribution in [0.5, 0.6) is 0 Å². The van der Waals surface area contributed by atoms with Gasteiger partial charge < -0.3 is 20.3 Å². The number of rotatable bonds is 6. The van der Waals surface area contributed by atoms with E-state index in [1.54, 1.807) is 36.2 Å². The molecule has 1 aromatic rings. The van der Waals surface area contributed by atoms with Crippen molar-refractivity contribution in [1.29, 1.82) is 0 Å². The Bertz CT molecular complexity index is 551. The molecule has 24 heavy (non-hydrogen) atoms. The third-order valence-electron chi connectivity index (χ3n) is 3.92. The molecule has 0 spiro atoms. The number of nitrogens with zero attached hydrogens (tertiary/aromatic N) is 1. The molecule has 132 valence electrons. The Labute approximate surface area is 143 Å². The molecule has 2 rings (SSSR count). The van der Waals surface area contributed by atoms with E-state index in [-0.39, 0.29) is 18.0 Å². The fraction of sp³-hybridized carbons (Fsp3) is 0.556. The predicted molar refractivity (Wildman–Crippen MR) is 94.2 cm³/mol. The Morgan fingerprint density at radius 3 is 2.58 bits per heavy atom. The van der Waals surface area contributed by atoms with E-state index in [1.165, 1.54) is 0 Å². The maximum atomic E-state index is 12.2. The Kier molecular flexibility index (Phi) is 6.61. The molecule has 0 radical (unpaired) electrons. The second-order valence-corrected chi connectivity index (χ2v) is 6.63. The van der Waals surface area contributed by atoms with E-state index in [0.717, 1.165) is 19.4 Å². The number of benzene rings is 1. The van der Waals surface area contributed by atoms with Gasteiger partial charge >= 0.3 is 6.03 Å². The molecule has 0 bridgehead atoms. The first-order valence-corrected chi connectivity index (χ1v) is 8.47. The molecular weight excluding hydrogens is 306 g/mol. The highest BCUT2D eigenvalue weighted by atomic mass is 16.5. The molecule has 0 saturated carbocycles. The van der Waals surface area contributed by atoms with Gasteiger partial charge in [0.05, 0.1) is 6.10 Å². The first-order chi connectivity index (χ1) is 11.5. The summed E-state index contributed by atoms with van der Waals surface area (Å²) in [7, 11) is 1.75. The molecule has 6 nitrogen and oxygen atoms in total. The van der Waals surface area contributed by atoms with Gasteiger partial charge in [0.1, 0.15) is 0 Å². The predicted octanol–water partition coefficient (Wildman–Crippen LogP) is 2.72. The van der Waals surface area contributed by atoms with E-state index in [2.05, 4.69) is 10.6 Å². The number of likely N-dealkylation sites (N-methyl/N-ethyl adjacent to an activating group) is 1. The topological polar surface area (TPSA) is 70.7 Å². The van der Waals surface area contributed by atoms with Gasteiger partial charge in [-0.1, -0.05) is 13.8 Å². The van der Waals surface area contributed by atoms with Crippen LogP contribution in [-0.2, 0) is 4.74 Å². The van der Waals surface area contributed by atoms with Crippen molar-refractivity contribution in [1.82, 2.24) is 10.2 Å². The van der Waals surface area contributed by atoms with Crippen LogP contribution in [0.15, 0.2) is 24.3 Å². The van der Waals surface area contributed by atoms with E-state index >= 15 is 0 Å². The van der Waals surface area contributed by atoms with E-state index in [1.807, 2.05) is 13.8 Å². The minimum atomic E-state index is -0.178. The van der Waals surface area contributed by atoms with Crippen LogP contribution in [-0.4, -0.2) is 49.7 Å². The number of hydrogen-bond donors (Lipinski definition) is 2. The van der Waals surface area contributed by atoms with Crippen molar-refractivity contribution in [2.75, 3.05) is 32.1 Å². The van der Waals surface area contributed by atoms with E-state index in [9.17, 15) is 9.59 Å². The van der Waals surface area contributed by atoms with Gasteiger partial charge in [-0.15, -0.1) is 0 Å². The van der Waals surface area contributed by atoms with Crippen LogP contribution in [0.3, 0.4) is 0 Å². The summed E-state index contributed by atoms with van der Waals surface area (Å²) >= 11 is 0. The second kappa shape index (κ2) is 8.68. The highest BCUT2D eigenvalue weighted by Gasteiger charge is 2.20. The molecule has 6 heteroatoms. The number of nitrogens with one attached hydrogen (secondary N) is 2.